The number of ether oxygens (including phenoxy) is 1. The molecule has 1 aliphatic rings. The molecule has 0 unspecified atom stereocenters. The fourth-order valence-electron chi connectivity index (χ4n) is 2.86. The third-order valence-corrected chi connectivity index (χ3v) is 3.94. The predicted molar refractivity (Wildman–Crippen MR) is 91.4 cm³/mol. The van der Waals surface area contributed by atoms with Gasteiger partial charge in [-0.05, 0) is 55.3 Å². The van der Waals surface area contributed by atoms with E-state index in [1.807, 2.05) is 26.0 Å². The number of carbonyl (C=O) groups excluding carboxylic acids is 1. The summed E-state index contributed by atoms with van der Waals surface area (Å²) >= 11 is 0. The van der Waals surface area contributed by atoms with Crippen molar-refractivity contribution in [3.63, 3.8) is 0 Å². The summed E-state index contributed by atoms with van der Waals surface area (Å²) in [7, 11) is 0. The normalized spacial score (nSPS) is 15.6. The minimum atomic E-state index is -4.61. The number of carbonyl (C=O) groups is 1. The molecule has 2 aromatic rings. The van der Waals surface area contributed by atoms with Crippen LogP contribution in [0.25, 0.3) is 0 Å². The molecule has 0 aliphatic carbocycles. The maximum Gasteiger partial charge on any atom is 0.417 e. The molecule has 0 bridgehead atoms. The molecular formula is C19H17F3N2O2. The zero-order valence-corrected chi connectivity index (χ0v) is 14.2. The van der Waals surface area contributed by atoms with E-state index in [1.54, 1.807) is 6.07 Å². The molecule has 136 valence electrons. The van der Waals surface area contributed by atoms with Gasteiger partial charge >= 0.3 is 6.18 Å². The number of nitrogens with zero attached hydrogens (tertiary/aromatic N) is 1. The Hall–Kier alpha value is -2.83. The molecule has 1 N–H and O–H groups in total. The fourth-order valence-corrected chi connectivity index (χ4v) is 2.86. The van der Waals surface area contributed by atoms with E-state index < -0.39 is 23.2 Å². The van der Waals surface area contributed by atoms with E-state index in [0.717, 1.165) is 35.4 Å². The van der Waals surface area contributed by atoms with E-state index in [4.69, 9.17) is 4.74 Å². The predicted octanol–water partition coefficient (Wildman–Crippen LogP) is 4.18. The highest BCUT2D eigenvalue weighted by atomic mass is 19.4. The quantitative estimate of drug-likeness (QED) is 0.658. The number of hydrazone groups is 1. The molecular weight excluding hydrogens is 345 g/mol. The van der Waals surface area contributed by atoms with Crippen molar-refractivity contribution in [1.29, 1.82) is 0 Å². The van der Waals surface area contributed by atoms with Gasteiger partial charge in [0.1, 0.15) is 11.4 Å². The van der Waals surface area contributed by atoms with Crippen LogP contribution in [0.15, 0.2) is 47.6 Å². The van der Waals surface area contributed by atoms with Crippen molar-refractivity contribution in [2.45, 2.75) is 32.0 Å². The van der Waals surface area contributed by atoms with E-state index in [9.17, 15) is 18.0 Å². The first kappa shape index (κ1) is 18.0. The third-order valence-electron chi connectivity index (χ3n) is 3.94. The summed E-state index contributed by atoms with van der Waals surface area (Å²) in [5, 5.41) is 3.77. The van der Waals surface area contributed by atoms with Crippen LogP contribution in [0.5, 0.6) is 5.75 Å². The molecule has 0 aromatic heterocycles. The zero-order valence-electron chi connectivity index (χ0n) is 14.2. The minimum Gasteiger partial charge on any atom is -0.487 e. The van der Waals surface area contributed by atoms with Gasteiger partial charge in [0.05, 0.1) is 17.3 Å². The smallest absolute Gasteiger partial charge is 0.417 e. The van der Waals surface area contributed by atoms with E-state index in [1.165, 1.54) is 18.3 Å². The summed E-state index contributed by atoms with van der Waals surface area (Å²) in [4.78, 5) is 12.0. The molecule has 0 spiro atoms. The van der Waals surface area contributed by atoms with E-state index in [-0.39, 0.29) is 5.60 Å². The first-order valence-corrected chi connectivity index (χ1v) is 7.97. The Morgan fingerprint density at radius 1 is 1.23 bits per heavy atom. The average Bonchev–Trinajstić information content (AvgIpc) is 2.87. The van der Waals surface area contributed by atoms with Crippen LogP contribution in [-0.4, -0.2) is 17.7 Å². The van der Waals surface area contributed by atoms with E-state index >= 15 is 0 Å². The second-order valence-corrected chi connectivity index (χ2v) is 6.65. The van der Waals surface area contributed by atoms with E-state index in [0.29, 0.717) is 0 Å². The molecule has 7 heteroatoms. The Morgan fingerprint density at radius 3 is 2.69 bits per heavy atom. The molecule has 1 amide bonds. The van der Waals surface area contributed by atoms with Crippen LogP contribution in [0.3, 0.4) is 0 Å². The molecule has 1 heterocycles. The zero-order chi connectivity index (χ0) is 18.9. The number of benzene rings is 2. The number of hydrogen-bond acceptors (Lipinski definition) is 3. The second-order valence-electron chi connectivity index (χ2n) is 6.65. The third kappa shape index (κ3) is 3.87. The van der Waals surface area contributed by atoms with Crippen LogP contribution >= 0.6 is 0 Å². The van der Waals surface area contributed by atoms with Gasteiger partial charge in [-0.2, -0.15) is 18.3 Å². The summed E-state index contributed by atoms with van der Waals surface area (Å²) in [6.07, 6.45) is -2.47. The van der Waals surface area contributed by atoms with Gasteiger partial charge < -0.3 is 4.74 Å². The number of nitrogens with one attached hydrogen (secondary N) is 1. The standard InChI is InChI=1S/C19H17F3N2O2/c1-18(2)10-13-9-12(7-8-16(13)26-18)11-23-24-17(25)14-5-3-4-6-15(14)19(20,21)22/h3-9,11H,10H2,1-2H3,(H,24,25)/b23-11+. The number of rotatable bonds is 3. The van der Waals surface area contributed by atoms with Gasteiger partial charge in [0.25, 0.3) is 5.91 Å². The second kappa shape index (κ2) is 6.48. The first-order chi connectivity index (χ1) is 12.2. The topological polar surface area (TPSA) is 50.7 Å². The molecule has 0 saturated carbocycles. The van der Waals surface area contributed by atoms with Crippen LogP contribution in [0.1, 0.15) is 40.9 Å². The summed E-state index contributed by atoms with van der Waals surface area (Å²) < 4.78 is 44.6. The Labute approximate surface area is 148 Å². The Balaban J connectivity index is 1.72. The van der Waals surface area contributed by atoms with Crippen molar-refractivity contribution >= 4 is 12.1 Å². The lowest BCUT2D eigenvalue weighted by molar-refractivity contribution is -0.137. The lowest BCUT2D eigenvalue weighted by Crippen LogP contribution is -2.24. The molecule has 0 saturated heterocycles. The monoisotopic (exact) mass is 362 g/mol. The van der Waals surface area contributed by atoms with Crippen LogP contribution in [0.2, 0.25) is 0 Å². The van der Waals surface area contributed by atoms with Crippen molar-refractivity contribution in [3.8, 4) is 5.75 Å². The molecule has 4 nitrogen and oxygen atoms in total. The van der Waals surface area contributed by atoms with Crippen LogP contribution in [0, 0.1) is 0 Å². The van der Waals surface area contributed by atoms with Gasteiger partial charge in [0, 0.05) is 6.42 Å². The van der Waals surface area contributed by atoms with Gasteiger partial charge in [-0.25, -0.2) is 5.43 Å². The molecule has 2 aromatic carbocycles. The van der Waals surface area contributed by atoms with Gasteiger partial charge in [-0.3, -0.25) is 4.79 Å². The summed E-state index contributed by atoms with van der Waals surface area (Å²) in [6.45, 7) is 3.97. The fraction of sp³-hybridized carbons (Fsp3) is 0.263. The summed E-state index contributed by atoms with van der Waals surface area (Å²) in [6, 6.07) is 10.0. The van der Waals surface area contributed by atoms with Crippen molar-refractivity contribution in [3.05, 3.63) is 64.7 Å². The van der Waals surface area contributed by atoms with Crippen LogP contribution < -0.4 is 10.2 Å². The van der Waals surface area contributed by atoms with Crippen LogP contribution in [-0.2, 0) is 12.6 Å². The average molecular weight is 362 g/mol. The Morgan fingerprint density at radius 2 is 1.96 bits per heavy atom. The number of fused-ring (bicyclic) bond motifs is 1. The van der Waals surface area contributed by atoms with Crippen molar-refractivity contribution in [2.24, 2.45) is 5.10 Å². The van der Waals surface area contributed by atoms with Gasteiger partial charge in [-0.15, -0.1) is 0 Å². The minimum absolute atomic E-state index is 0.270. The molecule has 0 radical (unpaired) electrons. The van der Waals surface area contributed by atoms with Crippen molar-refractivity contribution in [1.82, 2.24) is 5.43 Å². The molecule has 0 fully saturated rings. The maximum atomic E-state index is 13.0. The lowest BCUT2D eigenvalue weighted by Gasteiger charge is -2.16. The van der Waals surface area contributed by atoms with Crippen molar-refractivity contribution < 1.29 is 22.7 Å². The Kier molecular flexibility index (Phi) is 4.48. The highest BCUT2D eigenvalue weighted by Crippen LogP contribution is 2.35. The lowest BCUT2D eigenvalue weighted by atomic mass is 10.0. The van der Waals surface area contributed by atoms with Gasteiger partial charge in [0.2, 0.25) is 0 Å². The SMILES string of the molecule is CC1(C)Cc2cc(/C=N/NC(=O)c3ccccc3C(F)(F)F)ccc2O1. The maximum absolute atomic E-state index is 13.0. The number of hydrogen-bond donors (Lipinski definition) is 1. The number of alkyl halides is 3. The largest absolute Gasteiger partial charge is 0.487 e. The Bertz CT molecular complexity index is 873. The first-order valence-electron chi connectivity index (χ1n) is 7.97. The number of amides is 1. The molecule has 1 aliphatic heterocycles. The van der Waals surface area contributed by atoms with Gasteiger partial charge in [0.15, 0.2) is 0 Å². The highest BCUT2D eigenvalue weighted by molar-refractivity contribution is 5.96. The molecule has 0 atom stereocenters. The van der Waals surface area contributed by atoms with Crippen LogP contribution in [0.4, 0.5) is 13.2 Å². The summed E-state index contributed by atoms with van der Waals surface area (Å²) in [5.41, 5.74) is 2.14. The van der Waals surface area contributed by atoms with Gasteiger partial charge in [-0.1, -0.05) is 12.1 Å². The van der Waals surface area contributed by atoms with Crippen molar-refractivity contribution in [2.75, 3.05) is 0 Å². The number of halogens is 3. The highest BCUT2D eigenvalue weighted by Gasteiger charge is 2.34. The summed E-state index contributed by atoms with van der Waals surface area (Å²) in [5.74, 6) is -0.116. The molecule has 3 rings (SSSR count). The molecule has 26 heavy (non-hydrogen) atoms. The van der Waals surface area contributed by atoms with E-state index in [2.05, 4.69) is 10.5 Å².